The molecule has 1 amide bonds. The number of hydrogen-bond donors (Lipinski definition) is 2. The Hall–Kier alpha value is -1.44. The van der Waals surface area contributed by atoms with Gasteiger partial charge in [0.2, 0.25) is 5.92 Å². The minimum atomic E-state index is -3.11. The van der Waals surface area contributed by atoms with Gasteiger partial charge in [-0.2, -0.15) is 0 Å². The molecule has 1 saturated heterocycles. The molecular formula is C14H21F2NO5. The minimum Gasteiger partial charge on any atom is -0.481 e. The van der Waals surface area contributed by atoms with Gasteiger partial charge in [0.05, 0.1) is 13.1 Å². The third-order valence-corrected chi connectivity index (χ3v) is 4.33. The van der Waals surface area contributed by atoms with Gasteiger partial charge in [-0.25, -0.2) is 13.6 Å². The molecule has 0 aromatic carbocycles. The summed E-state index contributed by atoms with van der Waals surface area (Å²) in [5, 5.41) is 19.9. The summed E-state index contributed by atoms with van der Waals surface area (Å²) in [4.78, 5) is 24.5. The van der Waals surface area contributed by atoms with Crippen LogP contribution >= 0.6 is 0 Å². The number of aliphatic hydroxyl groups is 1. The van der Waals surface area contributed by atoms with E-state index < -0.39 is 47.4 Å². The van der Waals surface area contributed by atoms with Gasteiger partial charge < -0.3 is 19.8 Å². The fraction of sp³-hybridized carbons (Fsp3) is 0.857. The summed E-state index contributed by atoms with van der Waals surface area (Å²) in [6.45, 7) is 4.39. The van der Waals surface area contributed by atoms with E-state index in [1.54, 1.807) is 20.8 Å². The fourth-order valence-electron chi connectivity index (χ4n) is 3.14. The third kappa shape index (κ3) is 2.76. The molecule has 1 aliphatic carbocycles. The fourth-order valence-corrected chi connectivity index (χ4v) is 3.14. The highest BCUT2D eigenvalue weighted by molar-refractivity contribution is 5.79. The van der Waals surface area contributed by atoms with E-state index in [1.165, 1.54) is 0 Å². The summed E-state index contributed by atoms with van der Waals surface area (Å²) in [5.41, 5.74) is -4.50. The van der Waals surface area contributed by atoms with Crippen LogP contribution in [0.2, 0.25) is 0 Å². The molecule has 1 aliphatic heterocycles. The van der Waals surface area contributed by atoms with E-state index in [9.17, 15) is 28.6 Å². The molecule has 0 aromatic heterocycles. The van der Waals surface area contributed by atoms with Gasteiger partial charge in [-0.3, -0.25) is 4.79 Å². The first-order valence-corrected chi connectivity index (χ1v) is 7.12. The number of aliphatic carboxylic acids is 1. The number of ether oxygens (including phenoxy) is 1. The van der Waals surface area contributed by atoms with E-state index in [0.29, 0.717) is 0 Å². The van der Waals surface area contributed by atoms with Gasteiger partial charge in [0.25, 0.3) is 0 Å². The van der Waals surface area contributed by atoms with Crippen molar-refractivity contribution in [3.63, 3.8) is 0 Å². The average molecular weight is 321 g/mol. The third-order valence-electron chi connectivity index (χ3n) is 4.33. The van der Waals surface area contributed by atoms with Crippen LogP contribution in [0.25, 0.3) is 0 Å². The van der Waals surface area contributed by atoms with Gasteiger partial charge in [-0.05, 0) is 27.2 Å². The van der Waals surface area contributed by atoms with Crippen molar-refractivity contribution in [1.29, 1.82) is 0 Å². The molecule has 0 aromatic rings. The van der Waals surface area contributed by atoms with Crippen LogP contribution in [0.5, 0.6) is 0 Å². The standard InChI is InChI=1S/C14H21F2NO5/c1-11(2,3)22-10(20)17-7-13(21,8-17)12(9(18)19)4-5-14(15,16)6-12/h21H,4-8H2,1-3H3,(H,18,19). The van der Waals surface area contributed by atoms with Crippen LogP contribution in [-0.4, -0.2) is 57.4 Å². The molecule has 2 aliphatic rings. The van der Waals surface area contributed by atoms with E-state index in [4.69, 9.17) is 4.74 Å². The Morgan fingerprint density at radius 2 is 1.73 bits per heavy atom. The monoisotopic (exact) mass is 321 g/mol. The van der Waals surface area contributed by atoms with Gasteiger partial charge in [0.1, 0.15) is 16.6 Å². The Kier molecular flexibility index (Phi) is 3.67. The molecule has 1 saturated carbocycles. The Labute approximate surface area is 127 Å². The highest BCUT2D eigenvalue weighted by Gasteiger charge is 2.68. The molecule has 126 valence electrons. The first-order valence-electron chi connectivity index (χ1n) is 7.12. The minimum absolute atomic E-state index is 0.312. The predicted molar refractivity (Wildman–Crippen MR) is 71.6 cm³/mol. The SMILES string of the molecule is CC(C)(C)OC(=O)N1CC(O)(C2(C(=O)O)CCC(F)(F)C2)C1. The van der Waals surface area contributed by atoms with Crippen molar-refractivity contribution in [2.45, 2.75) is 57.2 Å². The Bertz CT molecular complexity index is 496. The van der Waals surface area contributed by atoms with Crippen molar-refractivity contribution in [3.8, 4) is 0 Å². The topological polar surface area (TPSA) is 87.1 Å². The largest absolute Gasteiger partial charge is 0.481 e. The lowest BCUT2D eigenvalue weighted by Crippen LogP contribution is -2.72. The first kappa shape index (κ1) is 16.9. The Morgan fingerprint density at radius 3 is 2.09 bits per heavy atom. The zero-order chi connectivity index (χ0) is 17.0. The van der Waals surface area contributed by atoms with Gasteiger partial charge in [0, 0.05) is 12.8 Å². The zero-order valence-corrected chi connectivity index (χ0v) is 12.9. The number of carbonyl (C=O) groups excluding carboxylic acids is 1. The number of likely N-dealkylation sites (tertiary alicyclic amines) is 1. The van der Waals surface area contributed by atoms with Crippen molar-refractivity contribution in [3.05, 3.63) is 0 Å². The van der Waals surface area contributed by atoms with Crippen LogP contribution in [0, 0.1) is 5.41 Å². The summed E-state index contributed by atoms with van der Waals surface area (Å²) in [5.74, 6) is -4.56. The van der Waals surface area contributed by atoms with E-state index in [2.05, 4.69) is 0 Å². The van der Waals surface area contributed by atoms with Gasteiger partial charge in [0.15, 0.2) is 0 Å². The zero-order valence-electron chi connectivity index (χ0n) is 12.9. The maximum absolute atomic E-state index is 13.5. The lowest BCUT2D eigenvalue weighted by atomic mass is 9.66. The van der Waals surface area contributed by atoms with Crippen molar-refractivity contribution >= 4 is 12.1 Å². The highest BCUT2D eigenvalue weighted by atomic mass is 19.3. The molecule has 2 rings (SSSR count). The van der Waals surface area contributed by atoms with Gasteiger partial charge in [-0.1, -0.05) is 0 Å². The number of nitrogens with zero attached hydrogens (tertiary/aromatic N) is 1. The summed E-state index contributed by atoms with van der Waals surface area (Å²) in [6, 6.07) is 0. The molecule has 0 bridgehead atoms. The second-order valence-electron chi connectivity index (χ2n) is 7.29. The van der Waals surface area contributed by atoms with Crippen LogP contribution in [-0.2, 0) is 9.53 Å². The van der Waals surface area contributed by atoms with Gasteiger partial charge in [-0.15, -0.1) is 0 Å². The smallest absolute Gasteiger partial charge is 0.410 e. The summed E-state index contributed by atoms with van der Waals surface area (Å²) >= 11 is 0. The Balaban J connectivity index is 2.10. The lowest BCUT2D eigenvalue weighted by Gasteiger charge is -2.53. The van der Waals surface area contributed by atoms with Crippen LogP contribution in [0.15, 0.2) is 0 Å². The van der Waals surface area contributed by atoms with Crippen molar-refractivity contribution in [1.82, 2.24) is 4.90 Å². The molecule has 8 heteroatoms. The molecule has 0 spiro atoms. The van der Waals surface area contributed by atoms with Crippen molar-refractivity contribution in [2.75, 3.05) is 13.1 Å². The predicted octanol–water partition coefficient (Wildman–Crippen LogP) is 1.86. The molecule has 2 N–H and O–H groups in total. The number of amides is 1. The molecule has 1 atom stereocenters. The number of halogens is 2. The maximum atomic E-state index is 13.5. The maximum Gasteiger partial charge on any atom is 0.410 e. The summed E-state index contributed by atoms with van der Waals surface area (Å²) < 4.78 is 32.1. The van der Waals surface area contributed by atoms with Crippen molar-refractivity contribution in [2.24, 2.45) is 5.41 Å². The first-order chi connectivity index (χ1) is 9.80. The van der Waals surface area contributed by atoms with Crippen LogP contribution < -0.4 is 0 Å². The van der Waals surface area contributed by atoms with E-state index >= 15 is 0 Å². The lowest BCUT2D eigenvalue weighted by molar-refractivity contribution is -0.201. The van der Waals surface area contributed by atoms with E-state index in [1.807, 2.05) is 0 Å². The Morgan fingerprint density at radius 1 is 1.18 bits per heavy atom. The summed E-state index contributed by atoms with van der Waals surface area (Å²) in [7, 11) is 0. The molecule has 6 nitrogen and oxygen atoms in total. The number of β-amino-alcohol motifs (C(OH)–C–C–N with tert-alkyl or cyclic N) is 1. The quantitative estimate of drug-likeness (QED) is 0.810. The number of carboxylic acid groups (broad SMARTS) is 1. The molecule has 1 heterocycles. The molecule has 1 unspecified atom stereocenters. The van der Waals surface area contributed by atoms with Crippen LogP contribution in [0.4, 0.5) is 13.6 Å². The molecule has 0 radical (unpaired) electrons. The van der Waals surface area contributed by atoms with E-state index in [0.717, 1.165) is 4.90 Å². The van der Waals surface area contributed by atoms with Crippen LogP contribution in [0.1, 0.15) is 40.0 Å². The van der Waals surface area contributed by atoms with Crippen molar-refractivity contribution < 1.29 is 33.3 Å². The second kappa shape index (κ2) is 4.78. The van der Waals surface area contributed by atoms with Gasteiger partial charge >= 0.3 is 12.1 Å². The highest BCUT2D eigenvalue weighted by Crippen LogP contribution is 2.55. The molecule has 2 fully saturated rings. The number of carbonyl (C=O) groups is 2. The normalized spacial score (nSPS) is 29.8. The molecule has 22 heavy (non-hydrogen) atoms. The number of rotatable bonds is 2. The number of carboxylic acids is 1. The summed E-state index contributed by atoms with van der Waals surface area (Å²) in [6.07, 6.45) is -2.49. The van der Waals surface area contributed by atoms with E-state index in [-0.39, 0.29) is 19.5 Å². The number of hydrogen-bond acceptors (Lipinski definition) is 4. The second-order valence-corrected chi connectivity index (χ2v) is 7.29. The van der Waals surface area contributed by atoms with Crippen LogP contribution in [0.3, 0.4) is 0 Å². The average Bonchev–Trinajstić information content (AvgIpc) is 2.60. The molecular weight excluding hydrogens is 300 g/mol. The number of alkyl halides is 2.